The molecule has 0 spiro atoms. The second-order valence-corrected chi connectivity index (χ2v) is 8.15. The van der Waals surface area contributed by atoms with Crippen LogP contribution in [0, 0.1) is 0 Å². The third-order valence-corrected chi connectivity index (χ3v) is 5.68. The number of amides is 2. The Hall–Kier alpha value is -1.35. The number of rotatable bonds is 4. The third-order valence-electron chi connectivity index (χ3n) is 3.64. The molecule has 0 bridgehead atoms. The molecule has 2 amide bonds. The molecule has 24 heavy (non-hydrogen) atoms. The lowest BCUT2D eigenvalue weighted by Gasteiger charge is -2.33. The summed E-state index contributed by atoms with van der Waals surface area (Å²) in [6.45, 7) is 0.942. The molecule has 7 nitrogen and oxygen atoms in total. The highest BCUT2D eigenvalue weighted by Crippen LogP contribution is 2.22. The first-order valence-corrected chi connectivity index (χ1v) is 9.75. The van der Waals surface area contributed by atoms with Crippen molar-refractivity contribution in [1.29, 1.82) is 0 Å². The van der Waals surface area contributed by atoms with Gasteiger partial charge in [-0.2, -0.15) is 4.31 Å². The molecule has 0 radical (unpaired) electrons. The summed E-state index contributed by atoms with van der Waals surface area (Å²) in [6.07, 6.45) is 1.14. The Kier molecular flexibility index (Phi) is 6.08. The van der Waals surface area contributed by atoms with Gasteiger partial charge >= 0.3 is 0 Å². The van der Waals surface area contributed by atoms with Crippen LogP contribution >= 0.6 is 23.2 Å². The molecule has 1 aliphatic heterocycles. The standard InChI is InChI=1S/C14H17Cl2N3O4S/c1-24(22,23)19-6-4-18(5-7-19)13(20)9-17-14(21)10-2-3-11(15)12(16)8-10/h2-3,8H,4-7,9H2,1H3,(H,17,21). The fourth-order valence-corrected chi connectivity index (χ4v) is 3.40. The first-order valence-electron chi connectivity index (χ1n) is 7.14. The Morgan fingerprint density at radius 2 is 1.75 bits per heavy atom. The Morgan fingerprint density at radius 3 is 2.29 bits per heavy atom. The number of benzene rings is 1. The molecule has 0 atom stereocenters. The number of nitrogens with one attached hydrogen (secondary N) is 1. The number of hydrogen-bond acceptors (Lipinski definition) is 4. The van der Waals surface area contributed by atoms with E-state index in [1.165, 1.54) is 27.4 Å². The van der Waals surface area contributed by atoms with E-state index in [2.05, 4.69) is 5.32 Å². The van der Waals surface area contributed by atoms with Gasteiger partial charge in [0.1, 0.15) is 0 Å². The molecule has 0 aromatic heterocycles. The monoisotopic (exact) mass is 393 g/mol. The summed E-state index contributed by atoms with van der Waals surface area (Å²) < 4.78 is 24.2. The molecule has 0 unspecified atom stereocenters. The van der Waals surface area contributed by atoms with E-state index in [-0.39, 0.29) is 30.6 Å². The summed E-state index contributed by atoms with van der Waals surface area (Å²) >= 11 is 11.6. The van der Waals surface area contributed by atoms with Gasteiger partial charge in [-0.05, 0) is 18.2 Å². The maximum atomic E-state index is 12.1. The van der Waals surface area contributed by atoms with Crippen LogP contribution in [0.1, 0.15) is 10.4 Å². The number of hydrogen-bond donors (Lipinski definition) is 1. The molecular weight excluding hydrogens is 377 g/mol. The smallest absolute Gasteiger partial charge is 0.251 e. The Bertz CT molecular complexity index is 746. The van der Waals surface area contributed by atoms with Gasteiger partial charge in [0.25, 0.3) is 5.91 Å². The average molecular weight is 394 g/mol. The van der Waals surface area contributed by atoms with Crippen LogP contribution in [0.2, 0.25) is 10.0 Å². The van der Waals surface area contributed by atoms with Crippen molar-refractivity contribution in [3.05, 3.63) is 33.8 Å². The minimum atomic E-state index is -3.24. The minimum absolute atomic E-state index is 0.169. The molecule has 1 aliphatic rings. The van der Waals surface area contributed by atoms with Gasteiger partial charge in [0.15, 0.2) is 0 Å². The normalized spacial score (nSPS) is 16.0. The molecule has 1 aromatic carbocycles. The van der Waals surface area contributed by atoms with Gasteiger partial charge in [-0.25, -0.2) is 8.42 Å². The fraction of sp³-hybridized carbons (Fsp3) is 0.429. The Labute approximate surface area is 150 Å². The van der Waals surface area contributed by atoms with Crippen LogP contribution in [-0.2, 0) is 14.8 Å². The minimum Gasteiger partial charge on any atom is -0.343 e. The SMILES string of the molecule is CS(=O)(=O)N1CCN(C(=O)CNC(=O)c2ccc(Cl)c(Cl)c2)CC1. The molecule has 1 aromatic rings. The Balaban J connectivity index is 1.85. The van der Waals surface area contributed by atoms with Gasteiger partial charge in [0.05, 0.1) is 22.8 Å². The molecule has 10 heteroatoms. The number of piperazine rings is 1. The summed E-state index contributed by atoms with van der Waals surface area (Å²) in [4.78, 5) is 25.6. The molecule has 1 saturated heterocycles. The second-order valence-electron chi connectivity index (χ2n) is 5.35. The lowest BCUT2D eigenvalue weighted by molar-refractivity contribution is -0.131. The quantitative estimate of drug-likeness (QED) is 0.820. The lowest BCUT2D eigenvalue weighted by Crippen LogP contribution is -2.52. The van der Waals surface area contributed by atoms with E-state index in [4.69, 9.17) is 23.2 Å². The van der Waals surface area contributed by atoms with Crippen molar-refractivity contribution in [2.24, 2.45) is 0 Å². The van der Waals surface area contributed by atoms with E-state index in [1.54, 1.807) is 0 Å². The fourth-order valence-electron chi connectivity index (χ4n) is 2.28. The lowest BCUT2D eigenvalue weighted by atomic mass is 10.2. The molecular formula is C14H17Cl2N3O4S. The number of carbonyl (C=O) groups is 2. The van der Waals surface area contributed by atoms with E-state index in [0.717, 1.165) is 6.26 Å². The maximum Gasteiger partial charge on any atom is 0.251 e. The van der Waals surface area contributed by atoms with Gasteiger partial charge in [-0.1, -0.05) is 23.2 Å². The molecule has 0 aliphatic carbocycles. The number of halogens is 2. The highest BCUT2D eigenvalue weighted by atomic mass is 35.5. The van der Waals surface area contributed by atoms with Crippen LogP contribution in [0.5, 0.6) is 0 Å². The molecule has 2 rings (SSSR count). The van der Waals surface area contributed by atoms with Crippen LogP contribution in [0.4, 0.5) is 0 Å². The predicted molar refractivity (Wildman–Crippen MR) is 91.8 cm³/mol. The number of sulfonamides is 1. The number of carbonyl (C=O) groups excluding carboxylic acids is 2. The van der Waals surface area contributed by atoms with Crippen molar-refractivity contribution >= 4 is 45.0 Å². The zero-order valence-electron chi connectivity index (χ0n) is 13.0. The summed E-state index contributed by atoms with van der Waals surface area (Å²) in [5.74, 6) is -0.701. The predicted octanol–water partition coefficient (Wildman–Crippen LogP) is 0.827. The van der Waals surface area contributed by atoms with Crippen LogP contribution in [0.25, 0.3) is 0 Å². The molecule has 1 heterocycles. The third kappa shape index (κ3) is 4.83. The van der Waals surface area contributed by atoms with E-state index < -0.39 is 15.9 Å². The zero-order valence-corrected chi connectivity index (χ0v) is 15.3. The van der Waals surface area contributed by atoms with Crippen molar-refractivity contribution < 1.29 is 18.0 Å². The summed E-state index contributed by atoms with van der Waals surface area (Å²) in [5.41, 5.74) is 0.305. The highest BCUT2D eigenvalue weighted by Gasteiger charge is 2.26. The molecule has 0 saturated carbocycles. The molecule has 1 N–H and O–H groups in total. The van der Waals surface area contributed by atoms with E-state index in [0.29, 0.717) is 23.7 Å². The van der Waals surface area contributed by atoms with Crippen LogP contribution in [-0.4, -0.2) is 68.4 Å². The Morgan fingerprint density at radius 1 is 1.12 bits per heavy atom. The summed E-state index contributed by atoms with van der Waals surface area (Å²) in [6, 6.07) is 4.44. The summed E-state index contributed by atoms with van der Waals surface area (Å²) in [7, 11) is -3.24. The van der Waals surface area contributed by atoms with E-state index in [1.807, 2.05) is 0 Å². The van der Waals surface area contributed by atoms with Crippen molar-refractivity contribution in [3.8, 4) is 0 Å². The largest absolute Gasteiger partial charge is 0.343 e. The van der Waals surface area contributed by atoms with Gasteiger partial charge in [0.2, 0.25) is 15.9 Å². The average Bonchev–Trinajstić information content (AvgIpc) is 2.54. The second kappa shape index (κ2) is 7.69. The first-order chi connectivity index (χ1) is 11.2. The van der Waals surface area contributed by atoms with Crippen LogP contribution in [0.3, 0.4) is 0 Å². The van der Waals surface area contributed by atoms with Crippen molar-refractivity contribution in [2.45, 2.75) is 0 Å². The molecule has 1 fully saturated rings. The van der Waals surface area contributed by atoms with Crippen molar-refractivity contribution in [3.63, 3.8) is 0 Å². The zero-order chi connectivity index (χ0) is 17.9. The van der Waals surface area contributed by atoms with Gasteiger partial charge in [-0.15, -0.1) is 0 Å². The van der Waals surface area contributed by atoms with Gasteiger partial charge in [0, 0.05) is 31.7 Å². The molecule has 132 valence electrons. The van der Waals surface area contributed by atoms with Crippen molar-refractivity contribution in [1.82, 2.24) is 14.5 Å². The van der Waals surface area contributed by atoms with Crippen LogP contribution < -0.4 is 5.32 Å². The van der Waals surface area contributed by atoms with Crippen LogP contribution in [0.15, 0.2) is 18.2 Å². The van der Waals surface area contributed by atoms with E-state index >= 15 is 0 Å². The highest BCUT2D eigenvalue weighted by molar-refractivity contribution is 7.88. The van der Waals surface area contributed by atoms with Crippen molar-refractivity contribution in [2.75, 3.05) is 39.0 Å². The first kappa shape index (κ1) is 19.0. The van der Waals surface area contributed by atoms with Gasteiger partial charge in [-0.3, -0.25) is 9.59 Å². The van der Waals surface area contributed by atoms with Gasteiger partial charge < -0.3 is 10.2 Å². The maximum absolute atomic E-state index is 12.1. The van der Waals surface area contributed by atoms with E-state index in [9.17, 15) is 18.0 Å². The summed E-state index contributed by atoms with van der Waals surface area (Å²) in [5, 5.41) is 3.12. The number of nitrogens with zero attached hydrogens (tertiary/aromatic N) is 2. The topological polar surface area (TPSA) is 86.8 Å².